The van der Waals surface area contributed by atoms with Crippen LogP contribution in [0.1, 0.15) is 65.7 Å². The van der Waals surface area contributed by atoms with E-state index in [2.05, 4.69) is 49.6 Å². The van der Waals surface area contributed by atoms with Gasteiger partial charge in [-0.2, -0.15) is 0 Å². The van der Waals surface area contributed by atoms with Gasteiger partial charge in [0.2, 0.25) is 11.8 Å². The van der Waals surface area contributed by atoms with E-state index in [9.17, 15) is 9.59 Å². The van der Waals surface area contributed by atoms with Crippen molar-refractivity contribution in [2.75, 3.05) is 33.7 Å². The summed E-state index contributed by atoms with van der Waals surface area (Å²) in [5, 5.41) is 7.07. The number of hydrogen-bond acceptors (Lipinski definition) is 4. The van der Waals surface area contributed by atoms with Gasteiger partial charge in [-0.15, -0.1) is 12.4 Å². The van der Waals surface area contributed by atoms with Gasteiger partial charge in [0.05, 0.1) is 0 Å². The van der Waals surface area contributed by atoms with E-state index in [1.54, 1.807) is 6.08 Å². The summed E-state index contributed by atoms with van der Waals surface area (Å²) in [5.74, 6) is 2.10. The van der Waals surface area contributed by atoms with E-state index in [0.29, 0.717) is 29.4 Å². The van der Waals surface area contributed by atoms with Crippen LogP contribution in [0.4, 0.5) is 0 Å². The van der Waals surface area contributed by atoms with Gasteiger partial charge >= 0.3 is 0 Å². The van der Waals surface area contributed by atoms with Gasteiger partial charge in [0.1, 0.15) is 0 Å². The molecule has 0 aromatic heterocycles. The molecule has 4 aliphatic rings. The van der Waals surface area contributed by atoms with Crippen molar-refractivity contribution in [1.82, 2.24) is 20.4 Å². The number of amides is 2. The number of thiocarbonyl (C=S) groups is 1. The molecule has 0 radical (unpaired) electrons. The molecule has 0 aromatic rings. The number of fused-ring (bicyclic) bond motifs is 5. The predicted molar refractivity (Wildman–Crippen MR) is 147 cm³/mol. The van der Waals surface area contributed by atoms with Crippen molar-refractivity contribution in [2.45, 2.75) is 71.8 Å². The Labute approximate surface area is 223 Å². The molecule has 1 heterocycles. The molecule has 3 saturated carbocycles. The maximum absolute atomic E-state index is 14.0. The zero-order valence-electron chi connectivity index (χ0n) is 22.1. The molecule has 3 aliphatic carbocycles. The Morgan fingerprint density at radius 2 is 1.89 bits per heavy atom. The van der Waals surface area contributed by atoms with Crippen molar-refractivity contribution in [3.8, 4) is 0 Å². The van der Waals surface area contributed by atoms with E-state index in [-0.39, 0.29) is 47.0 Å². The molecule has 198 valence electrons. The van der Waals surface area contributed by atoms with Crippen LogP contribution in [-0.2, 0) is 9.59 Å². The molecular formula is C27H45ClN4O2S. The van der Waals surface area contributed by atoms with Gasteiger partial charge in [-0.25, -0.2) is 0 Å². The largest absolute Gasteiger partial charge is 0.362 e. The number of hydrogen-bond donors (Lipinski definition) is 2. The third kappa shape index (κ3) is 5.15. The smallest absolute Gasteiger partial charge is 0.243 e. The quantitative estimate of drug-likeness (QED) is 0.514. The highest BCUT2D eigenvalue weighted by Gasteiger charge is 2.61. The van der Waals surface area contributed by atoms with Crippen LogP contribution < -0.4 is 10.6 Å². The van der Waals surface area contributed by atoms with Crippen molar-refractivity contribution >= 4 is 41.6 Å². The first-order valence-electron chi connectivity index (χ1n) is 13.4. The second kappa shape index (κ2) is 11.1. The molecular weight excluding hydrogens is 480 g/mol. The van der Waals surface area contributed by atoms with Crippen molar-refractivity contribution < 1.29 is 9.59 Å². The highest BCUT2D eigenvalue weighted by Crippen LogP contribution is 2.65. The summed E-state index contributed by atoms with van der Waals surface area (Å²) in [6.45, 7) is 9.13. The first-order chi connectivity index (χ1) is 16.1. The number of nitrogens with zero attached hydrogens (tertiary/aromatic N) is 2. The van der Waals surface area contributed by atoms with Gasteiger partial charge in [0, 0.05) is 30.5 Å². The van der Waals surface area contributed by atoms with Crippen molar-refractivity contribution in [2.24, 2.45) is 34.5 Å². The maximum atomic E-state index is 14.0. The summed E-state index contributed by atoms with van der Waals surface area (Å²) >= 11 is 5.67. The Morgan fingerprint density at radius 3 is 2.57 bits per heavy atom. The van der Waals surface area contributed by atoms with Crippen LogP contribution in [0.15, 0.2) is 12.2 Å². The average molecular weight is 525 g/mol. The van der Waals surface area contributed by atoms with E-state index in [0.717, 1.165) is 58.0 Å². The van der Waals surface area contributed by atoms with E-state index in [1.807, 2.05) is 11.8 Å². The molecule has 0 bridgehead atoms. The van der Waals surface area contributed by atoms with E-state index in [1.165, 1.54) is 0 Å². The van der Waals surface area contributed by atoms with Crippen molar-refractivity contribution in [3.63, 3.8) is 0 Å². The van der Waals surface area contributed by atoms with E-state index >= 15 is 0 Å². The van der Waals surface area contributed by atoms with Crippen LogP contribution >= 0.6 is 24.6 Å². The topological polar surface area (TPSA) is 64.7 Å². The lowest BCUT2D eigenvalue weighted by molar-refractivity contribution is -0.140. The number of rotatable bonds is 6. The Morgan fingerprint density at radius 1 is 1.14 bits per heavy atom. The zero-order valence-corrected chi connectivity index (χ0v) is 23.8. The minimum absolute atomic E-state index is 0. The fraction of sp³-hybridized carbons (Fsp3) is 0.815. The lowest BCUT2D eigenvalue weighted by atomic mass is 9.48. The van der Waals surface area contributed by atoms with Gasteiger partial charge in [-0.1, -0.05) is 19.9 Å². The van der Waals surface area contributed by atoms with Crippen LogP contribution in [-0.4, -0.2) is 66.5 Å². The standard InChI is InChI=1S/C27H44N4O2S.ClH/c1-6-28-25(34)31(17-7-16-30(4)5)24(33)21-10-9-19-18-8-11-22-27(3,15-13-23(32)29-22)20(18)12-14-26(19,21)2;/h13,15,18-22H,6-12,14,16-17H2,1-5H3,(H,28,34)(H,29,32);1H/t18-,19-,20+,21?,22?,26-,27+;/m0./s1. The van der Waals surface area contributed by atoms with E-state index in [4.69, 9.17) is 12.2 Å². The Hall–Kier alpha value is -1.18. The molecule has 2 amide bonds. The van der Waals surface area contributed by atoms with Crippen LogP contribution in [0.2, 0.25) is 0 Å². The minimum Gasteiger partial charge on any atom is -0.362 e. The first-order valence-corrected chi connectivity index (χ1v) is 13.8. The second-order valence-electron chi connectivity index (χ2n) is 11.9. The van der Waals surface area contributed by atoms with Gasteiger partial charge in [-0.3, -0.25) is 14.5 Å². The molecule has 0 spiro atoms. The van der Waals surface area contributed by atoms with Crippen LogP contribution in [0.3, 0.4) is 0 Å². The Bertz CT molecular complexity index is 851. The van der Waals surface area contributed by atoms with Gasteiger partial charge in [-0.05, 0) is 114 Å². The summed E-state index contributed by atoms with van der Waals surface area (Å²) in [7, 11) is 4.13. The molecule has 1 aliphatic heterocycles. The molecule has 8 heteroatoms. The normalized spacial score (nSPS) is 37.4. The zero-order chi connectivity index (χ0) is 24.7. The Balaban J connectivity index is 0.00000342. The fourth-order valence-electron chi connectivity index (χ4n) is 8.03. The monoisotopic (exact) mass is 524 g/mol. The number of carbonyl (C=O) groups is 2. The third-order valence-corrected chi connectivity index (χ3v) is 10.2. The summed E-state index contributed by atoms with van der Waals surface area (Å²) in [5.41, 5.74) is 0.0653. The average Bonchev–Trinajstić information content (AvgIpc) is 3.14. The fourth-order valence-corrected chi connectivity index (χ4v) is 8.36. The molecule has 7 atom stereocenters. The van der Waals surface area contributed by atoms with Crippen molar-refractivity contribution in [1.29, 1.82) is 0 Å². The molecule has 35 heavy (non-hydrogen) atoms. The molecule has 0 aromatic carbocycles. The number of halogens is 1. The molecule has 2 N–H and O–H groups in total. The van der Waals surface area contributed by atoms with Crippen LogP contribution in [0, 0.1) is 34.5 Å². The van der Waals surface area contributed by atoms with Crippen LogP contribution in [0.5, 0.6) is 0 Å². The molecule has 2 unspecified atom stereocenters. The Kier molecular flexibility index (Phi) is 8.97. The van der Waals surface area contributed by atoms with Gasteiger partial charge in [0.15, 0.2) is 5.11 Å². The van der Waals surface area contributed by atoms with Gasteiger partial charge < -0.3 is 15.5 Å². The highest BCUT2D eigenvalue weighted by atomic mass is 35.5. The molecule has 0 saturated heterocycles. The molecule has 4 rings (SSSR count). The van der Waals surface area contributed by atoms with E-state index < -0.39 is 0 Å². The highest BCUT2D eigenvalue weighted by molar-refractivity contribution is 7.80. The maximum Gasteiger partial charge on any atom is 0.243 e. The predicted octanol–water partition coefficient (Wildman–Crippen LogP) is 4.00. The molecule has 3 fully saturated rings. The SMILES string of the molecule is CCNC(=S)N(CCCN(C)C)C(=O)C1CC[C@H]2[C@@H]3CCC4NC(=O)C=C[C@]4(C)[C@@H]3CC[C@]12C.Cl. The minimum atomic E-state index is 0. The van der Waals surface area contributed by atoms with Gasteiger partial charge in [0.25, 0.3) is 0 Å². The van der Waals surface area contributed by atoms with Crippen molar-refractivity contribution in [3.05, 3.63) is 12.2 Å². The first kappa shape index (κ1) is 28.4. The third-order valence-electron chi connectivity index (χ3n) is 9.81. The molecule has 6 nitrogen and oxygen atoms in total. The van der Waals surface area contributed by atoms with Crippen LogP contribution in [0.25, 0.3) is 0 Å². The number of carbonyl (C=O) groups excluding carboxylic acids is 2. The lowest BCUT2D eigenvalue weighted by Crippen LogP contribution is -2.59. The lowest BCUT2D eigenvalue weighted by Gasteiger charge is -2.58. The number of nitrogens with one attached hydrogen (secondary N) is 2. The second-order valence-corrected chi connectivity index (χ2v) is 12.3. The summed E-state index contributed by atoms with van der Waals surface area (Å²) in [6.07, 6.45) is 11.4. The summed E-state index contributed by atoms with van der Waals surface area (Å²) in [4.78, 5) is 30.0. The summed E-state index contributed by atoms with van der Waals surface area (Å²) < 4.78 is 0. The summed E-state index contributed by atoms with van der Waals surface area (Å²) in [6, 6.07) is 0.249.